The summed E-state index contributed by atoms with van der Waals surface area (Å²) in [6.07, 6.45) is 4.14. The van der Waals surface area contributed by atoms with Crippen LogP contribution < -0.4 is 10.6 Å². The Bertz CT molecular complexity index is 399. The smallest absolute Gasteiger partial charge is 0.220 e. The quantitative estimate of drug-likeness (QED) is 0.874. The van der Waals surface area contributed by atoms with Gasteiger partial charge in [0.1, 0.15) is 0 Å². The van der Waals surface area contributed by atoms with Crippen LogP contribution in [-0.2, 0) is 11.3 Å². The Morgan fingerprint density at radius 2 is 2.16 bits per heavy atom. The van der Waals surface area contributed by atoms with Gasteiger partial charge in [0.2, 0.25) is 5.91 Å². The summed E-state index contributed by atoms with van der Waals surface area (Å²) in [5.41, 5.74) is 1.14. The minimum Gasteiger partial charge on any atom is -0.352 e. The van der Waals surface area contributed by atoms with E-state index >= 15 is 0 Å². The molecule has 0 saturated carbocycles. The van der Waals surface area contributed by atoms with Crippen molar-refractivity contribution in [1.82, 2.24) is 10.6 Å². The number of carbonyl (C=O) groups excluding carboxylic acids is 1. The molecular weight excluding hydrogens is 304 g/mol. The van der Waals surface area contributed by atoms with Crippen molar-refractivity contribution in [3.63, 3.8) is 0 Å². The number of carbonyl (C=O) groups is 1. The molecule has 1 atom stereocenters. The van der Waals surface area contributed by atoms with Gasteiger partial charge >= 0.3 is 0 Å². The van der Waals surface area contributed by atoms with Gasteiger partial charge in [0.05, 0.1) is 0 Å². The third-order valence-electron chi connectivity index (χ3n) is 3.58. The molecule has 0 bridgehead atoms. The zero-order chi connectivity index (χ0) is 13.5. The molecule has 1 amide bonds. The molecular formula is C15H21BrN2O. The molecule has 1 aliphatic heterocycles. The number of amides is 1. The second-order valence-corrected chi connectivity index (χ2v) is 6.07. The highest BCUT2D eigenvalue weighted by atomic mass is 79.9. The Balaban J connectivity index is 1.65. The molecule has 0 aliphatic carbocycles. The molecule has 1 unspecified atom stereocenters. The Morgan fingerprint density at radius 1 is 1.37 bits per heavy atom. The topological polar surface area (TPSA) is 41.1 Å². The molecule has 1 saturated heterocycles. The maximum atomic E-state index is 11.8. The SMILES string of the molecule is O=C(CCC1CCCNC1)NCc1ccc(Br)cc1. The van der Waals surface area contributed by atoms with E-state index < -0.39 is 0 Å². The van der Waals surface area contributed by atoms with Gasteiger partial charge in [0.25, 0.3) is 0 Å². The highest BCUT2D eigenvalue weighted by molar-refractivity contribution is 9.10. The zero-order valence-electron chi connectivity index (χ0n) is 11.1. The molecule has 0 spiro atoms. The summed E-state index contributed by atoms with van der Waals surface area (Å²) < 4.78 is 1.06. The van der Waals surface area contributed by atoms with E-state index in [1.54, 1.807) is 0 Å². The highest BCUT2D eigenvalue weighted by Crippen LogP contribution is 2.15. The van der Waals surface area contributed by atoms with Gasteiger partial charge in [-0.25, -0.2) is 0 Å². The fourth-order valence-corrected chi connectivity index (χ4v) is 2.66. The van der Waals surface area contributed by atoms with E-state index in [0.29, 0.717) is 18.9 Å². The Hall–Kier alpha value is -0.870. The lowest BCUT2D eigenvalue weighted by Crippen LogP contribution is -2.31. The molecule has 104 valence electrons. The molecule has 1 heterocycles. The van der Waals surface area contributed by atoms with Gasteiger partial charge in [-0.3, -0.25) is 4.79 Å². The number of hydrogen-bond donors (Lipinski definition) is 2. The summed E-state index contributed by atoms with van der Waals surface area (Å²) in [6, 6.07) is 8.04. The van der Waals surface area contributed by atoms with Crippen LogP contribution in [-0.4, -0.2) is 19.0 Å². The monoisotopic (exact) mass is 324 g/mol. The van der Waals surface area contributed by atoms with Crippen molar-refractivity contribution in [3.05, 3.63) is 34.3 Å². The lowest BCUT2D eigenvalue weighted by Gasteiger charge is -2.22. The van der Waals surface area contributed by atoms with Gasteiger partial charge in [-0.05, 0) is 56.0 Å². The fraction of sp³-hybridized carbons (Fsp3) is 0.533. The molecule has 3 nitrogen and oxygen atoms in total. The summed E-state index contributed by atoms with van der Waals surface area (Å²) in [5, 5.41) is 6.37. The average molecular weight is 325 g/mol. The molecule has 1 fully saturated rings. The molecule has 0 aromatic heterocycles. The van der Waals surface area contributed by atoms with Crippen LogP contribution in [0.3, 0.4) is 0 Å². The molecule has 1 aromatic carbocycles. The highest BCUT2D eigenvalue weighted by Gasteiger charge is 2.14. The normalized spacial score (nSPS) is 19.1. The first-order chi connectivity index (χ1) is 9.24. The number of halogens is 1. The fourth-order valence-electron chi connectivity index (χ4n) is 2.40. The van der Waals surface area contributed by atoms with Crippen LogP contribution in [0.1, 0.15) is 31.2 Å². The Labute approximate surface area is 123 Å². The molecule has 19 heavy (non-hydrogen) atoms. The third kappa shape index (κ3) is 5.33. The van der Waals surface area contributed by atoms with E-state index in [2.05, 4.69) is 26.6 Å². The number of rotatable bonds is 5. The number of hydrogen-bond acceptors (Lipinski definition) is 2. The standard InChI is InChI=1S/C15H21BrN2O/c16-14-6-3-13(4-7-14)11-18-15(19)8-5-12-2-1-9-17-10-12/h3-4,6-7,12,17H,1-2,5,8-11H2,(H,18,19). The van der Waals surface area contributed by atoms with Crippen molar-refractivity contribution >= 4 is 21.8 Å². The van der Waals surface area contributed by atoms with Gasteiger partial charge in [-0.1, -0.05) is 28.1 Å². The maximum Gasteiger partial charge on any atom is 0.220 e. The summed E-state index contributed by atoms with van der Waals surface area (Å²) in [6.45, 7) is 2.82. The van der Waals surface area contributed by atoms with Crippen LogP contribution in [0.25, 0.3) is 0 Å². The summed E-state index contributed by atoms with van der Waals surface area (Å²) in [4.78, 5) is 11.8. The van der Waals surface area contributed by atoms with Gasteiger partial charge in [-0.15, -0.1) is 0 Å². The van der Waals surface area contributed by atoms with Gasteiger partial charge in [0, 0.05) is 17.4 Å². The van der Waals surface area contributed by atoms with Crippen LogP contribution in [0, 0.1) is 5.92 Å². The third-order valence-corrected chi connectivity index (χ3v) is 4.11. The first-order valence-corrected chi connectivity index (χ1v) is 7.75. The summed E-state index contributed by atoms with van der Waals surface area (Å²) >= 11 is 3.40. The molecule has 2 rings (SSSR count). The largest absolute Gasteiger partial charge is 0.352 e. The van der Waals surface area contributed by atoms with E-state index in [9.17, 15) is 4.79 Å². The van der Waals surface area contributed by atoms with E-state index in [1.807, 2.05) is 24.3 Å². The molecule has 1 aromatic rings. The predicted octanol–water partition coefficient (Wildman–Crippen LogP) is 2.85. The van der Waals surface area contributed by atoms with Gasteiger partial charge < -0.3 is 10.6 Å². The zero-order valence-corrected chi connectivity index (χ0v) is 12.7. The maximum absolute atomic E-state index is 11.8. The number of piperidine rings is 1. The molecule has 0 radical (unpaired) electrons. The summed E-state index contributed by atoms with van der Waals surface area (Å²) in [7, 11) is 0. The van der Waals surface area contributed by atoms with Crippen LogP contribution in [0.15, 0.2) is 28.7 Å². The first-order valence-electron chi connectivity index (χ1n) is 6.96. The predicted molar refractivity (Wildman–Crippen MR) is 80.8 cm³/mol. The van der Waals surface area contributed by atoms with Crippen LogP contribution >= 0.6 is 15.9 Å². The molecule has 2 N–H and O–H groups in total. The van der Waals surface area contributed by atoms with Crippen molar-refractivity contribution in [2.45, 2.75) is 32.2 Å². The Kier molecular flexibility index (Phi) is 5.86. The minimum atomic E-state index is 0.161. The van der Waals surface area contributed by atoms with E-state index in [0.717, 1.165) is 29.5 Å². The summed E-state index contributed by atoms with van der Waals surface area (Å²) in [5.74, 6) is 0.834. The van der Waals surface area contributed by atoms with Crippen molar-refractivity contribution in [2.75, 3.05) is 13.1 Å². The lowest BCUT2D eigenvalue weighted by molar-refractivity contribution is -0.121. The van der Waals surface area contributed by atoms with Crippen LogP contribution in [0.2, 0.25) is 0 Å². The van der Waals surface area contributed by atoms with Crippen molar-refractivity contribution in [1.29, 1.82) is 0 Å². The average Bonchev–Trinajstić information content (AvgIpc) is 2.45. The van der Waals surface area contributed by atoms with Gasteiger partial charge in [-0.2, -0.15) is 0 Å². The van der Waals surface area contributed by atoms with Crippen molar-refractivity contribution in [3.8, 4) is 0 Å². The second-order valence-electron chi connectivity index (χ2n) is 5.15. The van der Waals surface area contributed by atoms with Crippen LogP contribution in [0.5, 0.6) is 0 Å². The van der Waals surface area contributed by atoms with E-state index in [1.165, 1.54) is 12.8 Å². The van der Waals surface area contributed by atoms with Crippen LogP contribution in [0.4, 0.5) is 0 Å². The second kappa shape index (κ2) is 7.65. The molecule has 1 aliphatic rings. The Morgan fingerprint density at radius 3 is 2.84 bits per heavy atom. The van der Waals surface area contributed by atoms with Crippen molar-refractivity contribution < 1.29 is 4.79 Å². The molecule has 4 heteroatoms. The lowest BCUT2D eigenvalue weighted by atomic mass is 9.94. The van der Waals surface area contributed by atoms with Gasteiger partial charge in [0.15, 0.2) is 0 Å². The van der Waals surface area contributed by atoms with E-state index in [-0.39, 0.29) is 5.91 Å². The van der Waals surface area contributed by atoms with E-state index in [4.69, 9.17) is 0 Å². The van der Waals surface area contributed by atoms with Crippen molar-refractivity contribution in [2.24, 2.45) is 5.92 Å². The number of benzene rings is 1. The first kappa shape index (κ1) is 14.5. The minimum absolute atomic E-state index is 0.161. The number of nitrogens with one attached hydrogen (secondary N) is 2.